The molecule has 33 heavy (non-hydrogen) atoms. The summed E-state index contributed by atoms with van der Waals surface area (Å²) in [6.07, 6.45) is 2.22. The zero-order chi connectivity index (χ0) is 23.5. The Morgan fingerprint density at radius 1 is 1.21 bits per heavy atom. The summed E-state index contributed by atoms with van der Waals surface area (Å²) in [4.78, 5) is 40.1. The van der Waals surface area contributed by atoms with E-state index in [9.17, 15) is 18.4 Å². The molecule has 0 spiro atoms. The van der Waals surface area contributed by atoms with Gasteiger partial charge in [-0.05, 0) is 37.1 Å². The number of fused-ring (bicyclic) bond motifs is 1. The Labute approximate surface area is 188 Å². The summed E-state index contributed by atoms with van der Waals surface area (Å²) in [5, 5.41) is 4.11. The number of halogens is 2. The fourth-order valence-corrected chi connectivity index (χ4v) is 3.59. The number of carbonyl (C=O) groups excluding carboxylic acids is 1. The van der Waals surface area contributed by atoms with Gasteiger partial charge in [0.05, 0.1) is 18.7 Å². The van der Waals surface area contributed by atoms with Gasteiger partial charge in [-0.3, -0.25) is 14.4 Å². The van der Waals surface area contributed by atoms with Gasteiger partial charge < -0.3 is 10.3 Å². The minimum atomic E-state index is -0.759. The lowest BCUT2D eigenvalue weighted by molar-refractivity contribution is -0.151. The molecule has 2 aromatic heterocycles. The molecular weight excluding hydrogens is 432 g/mol. The second kappa shape index (κ2) is 9.55. The first-order valence-corrected chi connectivity index (χ1v) is 10.6. The predicted molar refractivity (Wildman–Crippen MR) is 118 cm³/mol. The van der Waals surface area contributed by atoms with Crippen molar-refractivity contribution in [2.24, 2.45) is 0 Å². The Balaban J connectivity index is 1.49. The molecule has 1 amide bonds. The average Bonchev–Trinajstić information content (AvgIpc) is 2.81. The minimum Gasteiger partial charge on any atom is -0.351 e. The number of aryl methyl sites for hydroxylation is 1. The molecule has 1 aromatic carbocycles. The molecule has 0 radical (unpaired) electrons. The number of hydrogen-bond donors (Lipinski definition) is 2. The molecule has 0 fully saturated rings. The summed E-state index contributed by atoms with van der Waals surface area (Å²) in [5.41, 5.74) is 1.55. The Kier molecular flexibility index (Phi) is 6.57. The summed E-state index contributed by atoms with van der Waals surface area (Å²) < 4.78 is 29.5. The first-order chi connectivity index (χ1) is 15.9. The summed E-state index contributed by atoms with van der Waals surface area (Å²) in [6, 6.07) is 6.22. The highest BCUT2D eigenvalue weighted by atomic mass is 19.1. The van der Waals surface area contributed by atoms with Crippen LogP contribution in [-0.2, 0) is 17.8 Å². The number of aromatic nitrogens is 3. The molecule has 0 saturated carbocycles. The van der Waals surface area contributed by atoms with Crippen molar-refractivity contribution in [2.45, 2.75) is 26.8 Å². The van der Waals surface area contributed by atoms with Crippen molar-refractivity contribution in [1.29, 1.82) is 0 Å². The van der Waals surface area contributed by atoms with Crippen molar-refractivity contribution in [3.8, 4) is 0 Å². The molecule has 0 aliphatic carbocycles. The van der Waals surface area contributed by atoms with E-state index in [1.165, 1.54) is 17.2 Å². The van der Waals surface area contributed by atoms with Crippen molar-refractivity contribution >= 4 is 22.5 Å². The molecule has 0 bridgehead atoms. The molecular formula is C23H23F2N5O3. The van der Waals surface area contributed by atoms with Crippen molar-refractivity contribution in [1.82, 2.24) is 25.3 Å². The van der Waals surface area contributed by atoms with Crippen LogP contribution in [0, 0.1) is 11.8 Å². The van der Waals surface area contributed by atoms with Crippen molar-refractivity contribution < 1.29 is 18.4 Å². The number of benzene rings is 1. The van der Waals surface area contributed by atoms with Crippen LogP contribution >= 0.6 is 0 Å². The largest absolute Gasteiger partial charge is 0.351 e. The van der Waals surface area contributed by atoms with Gasteiger partial charge in [-0.15, -0.1) is 0 Å². The first-order valence-electron chi connectivity index (χ1n) is 10.6. The lowest BCUT2D eigenvalue weighted by Crippen LogP contribution is -2.29. The first kappa shape index (κ1) is 22.7. The highest BCUT2D eigenvalue weighted by molar-refractivity contribution is 5.92. The zero-order valence-electron chi connectivity index (χ0n) is 18.2. The number of hydroxylamine groups is 2. The van der Waals surface area contributed by atoms with E-state index in [2.05, 4.69) is 20.3 Å². The maximum Gasteiger partial charge on any atom is 0.270 e. The topological polar surface area (TPSA) is 100 Å². The number of aromatic amines is 1. The van der Waals surface area contributed by atoms with E-state index >= 15 is 0 Å². The molecule has 10 heteroatoms. The third kappa shape index (κ3) is 4.67. The van der Waals surface area contributed by atoms with E-state index < -0.39 is 23.2 Å². The van der Waals surface area contributed by atoms with Crippen molar-refractivity contribution in [3.63, 3.8) is 0 Å². The quantitative estimate of drug-likeness (QED) is 0.555. The second-order valence-electron chi connectivity index (χ2n) is 7.52. The predicted octanol–water partition coefficient (Wildman–Crippen LogP) is 2.74. The molecule has 2 N–H and O–H groups in total. The number of carbonyl (C=O) groups is 1. The van der Waals surface area contributed by atoms with Crippen LogP contribution in [0.1, 0.15) is 41.2 Å². The van der Waals surface area contributed by atoms with Gasteiger partial charge in [0.2, 0.25) is 5.95 Å². The van der Waals surface area contributed by atoms with E-state index in [0.29, 0.717) is 35.3 Å². The van der Waals surface area contributed by atoms with E-state index in [1.807, 2.05) is 6.92 Å². The zero-order valence-corrected chi connectivity index (χ0v) is 18.2. The van der Waals surface area contributed by atoms with E-state index in [4.69, 9.17) is 4.84 Å². The normalized spacial score (nSPS) is 14.4. The Morgan fingerprint density at radius 2 is 2.03 bits per heavy atom. The maximum absolute atomic E-state index is 15.0. The second-order valence-corrected chi connectivity index (χ2v) is 7.52. The maximum atomic E-state index is 15.0. The monoisotopic (exact) mass is 455 g/mol. The van der Waals surface area contributed by atoms with Crippen LogP contribution in [0.4, 0.5) is 8.78 Å². The molecule has 1 aliphatic rings. The van der Waals surface area contributed by atoms with Gasteiger partial charge >= 0.3 is 0 Å². The molecule has 0 atom stereocenters. The summed E-state index contributed by atoms with van der Waals surface area (Å²) in [7, 11) is 0. The van der Waals surface area contributed by atoms with Crippen molar-refractivity contribution in [2.75, 3.05) is 19.7 Å². The van der Waals surface area contributed by atoms with Crippen LogP contribution in [0.2, 0.25) is 0 Å². The van der Waals surface area contributed by atoms with Gasteiger partial charge in [-0.1, -0.05) is 19.1 Å². The molecule has 8 nitrogen and oxygen atoms in total. The molecule has 172 valence electrons. The molecule has 1 aliphatic heterocycles. The van der Waals surface area contributed by atoms with Crippen LogP contribution in [0.3, 0.4) is 0 Å². The highest BCUT2D eigenvalue weighted by Gasteiger charge is 2.20. The number of nitrogens with zero attached hydrogens (tertiary/aromatic N) is 3. The number of nitrogens with one attached hydrogen (secondary N) is 2. The summed E-state index contributed by atoms with van der Waals surface area (Å²) in [6.45, 7) is 4.47. The third-order valence-corrected chi connectivity index (χ3v) is 5.35. The van der Waals surface area contributed by atoms with E-state index in [1.54, 1.807) is 25.1 Å². The van der Waals surface area contributed by atoms with E-state index in [0.717, 1.165) is 0 Å². The number of pyridine rings is 1. The van der Waals surface area contributed by atoms with Gasteiger partial charge in [0, 0.05) is 24.2 Å². The van der Waals surface area contributed by atoms with Crippen LogP contribution in [0.5, 0.6) is 0 Å². The van der Waals surface area contributed by atoms with Crippen LogP contribution in [0.25, 0.3) is 16.6 Å². The smallest absolute Gasteiger partial charge is 0.270 e. The lowest BCUT2D eigenvalue weighted by Gasteiger charge is -2.26. The molecule has 0 saturated heterocycles. The van der Waals surface area contributed by atoms with Crippen LogP contribution in [0.15, 0.2) is 35.1 Å². The average molecular weight is 455 g/mol. The molecule has 4 rings (SSSR count). The van der Waals surface area contributed by atoms with Crippen LogP contribution < -0.4 is 10.9 Å². The lowest BCUT2D eigenvalue weighted by atomic mass is 10.1. The van der Waals surface area contributed by atoms with E-state index in [-0.39, 0.29) is 36.5 Å². The minimum absolute atomic E-state index is 0.00224. The number of H-pyrrole nitrogens is 1. The standard InChI is InChI=1S/C23H23F2N5O3/c1-3-16-23(32)29-20-17(27-16)7-5-13(19(20)24)11-30-10-9-14(12-33-30)15-6-8-18(28-21(15)25)22(31)26-4-2/h5-9H,3-4,10-12H2,1-2H3,(H,26,31)(H,29,32). The van der Waals surface area contributed by atoms with Gasteiger partial charge in [-0.25, -0.2) is 14.4 Å². The number of amides is 1. The van der Waals surface area contributed by atoms with Crippen molar-refractivity contribution in [3.05, 3.63) is 75.0 Å². The molecule has 0 unspecified atom stereocenters. The van der Waals surface area contributed by atoms with Gasteiger partial charge in [-0.2, -0.15) is 9.45 Å². The molecule has 3 aromatic rings. The van der Waals surface area contributed by atoms with Gasteiger partial charge in [0.15, 0.2) is 5.82 Å². The SMILES string of the molecule is CCNC(=O)c1ccc(C2=CCN(Cc3ccc4nc(CC)c(=O)[nH]c4c3F)OC2)c(F)n1. The number of hydrogen-bond acceptors (Lipinski definition) is 6. The van der Waals surface area contributed by atoms with Crippen LogP contribution in [-0.4, -0.2) is 45.6 Å². The van der Waals surface area contributed by atoms with Gasteiger partial charge in [0.25, 0.3) is 11.5 Å². The Bertz CT molecular complexity index is 1310. The van der Waals surface area contributed by atoms with Gasteiger partial charge in [0.1, 0.15) is 16.9 Å². The Hall–Kier alpha value is -3.50. The Morgan fingerprint density at radius 3 is 2.70 bits per heavy atom. The summed E-state index contributed by atoms with van der Waals surface area (Å²) in [5.74, 6) is -1.76. The highest BCUT2D eigenvalue weighted by Crippen LogP contribution is 2.24. The summed E-state index contributed by atoms with van der Waals surface area (Å²) >= 11 is 0. The fourth-order valence-electron chi connectivity index (χ4n) is 3.59. The number of rotatable bonds is 6. The fraction of sp³-hybridized carbons (Fsp3) is 0.304. The molecule has 3 heterocycles. The third-order valence-electron chi connectivity index (χ3n) is 5.35.